The number of benzene rings is 1. The van der Waals surface area contributed by atoms with Gasteiger partial charge in [-0.15, -0.1) is 11.3 Å². The summed E-state index contributed by atoms with van der Waals surface area (Å²) in [6.45, 7) is 1.76. The first-order valence-electron chi connectivity index (χ1n) is 6.04. The van der Waals surface area contributed by atoms with Crippen LogP contribution in [0.4, 0.5) is 9.39 Å². The minimum Gasteiger partial charge on any atom is -0.478 e. The Hall–Kier alpha value is -2.47. The van der Waals surface area contributed by atoms with E-state index in [9.17, 15) is 14.0 Å². The van der Waals surface area contributed by atoms with Crippen molar-refractivity contribution in [1.82, 2.24) is 0 Å². The fraction of sp³-hybridized carbons (Fsp3) is 0.0667. The molecule has 0 fully saturated rings. The summed E-state index contributed by atoms with van der Waals surface area (Å²) in [7, 11) is 0. The largest absolute Gasteiger partial charge is 0.478 e. The van der Waals surface area contributed by atoms with Gasteiger partial charge in [0.2, 0.25) is 5.91 Å². The summed E-state index contributed by atoms with van der Waals surface area (Å²) < 4.78 is 12.7. The Morgan fingerprint density at radius 3 is 2.57 bits per heavy atom. The van der Waals surface area contributed by atoms with Gasteiger partial charge in [0, 0.05) is 11.0 Å². The van der Waals surface area contributed by atoms with Crippen LogP contribution < -0.4 is 5.32 Å². The van der Waals surface area contributed by atoms with Gasteiger partial charge in [0.1, 0.15) is 10.8 Å². The molecule has 21 heavy (non-hydrogen) atoms. The molecule has 0 radical (unpaired) electrons. The fourth-order valence-corrected chi connectivity index (χ4v) is 2.57. The van der Waals surface area contributed by atoms with Crippen molar-refractivity contribution in [3.05, 3.63) is 58.2 Å². The number of carbonyl (C=O) groups is 2. The molecule has 0 spiro atoms. The monoisotopic (exact) mass is 305 g/mol. The number of halogens is 1. The van der Waals surface area contributed by atoms with Crippen LogP contribution in [0.5, 0.6) is 0 Å². The zero-order valence-electron chi connectivity index (χ0n) is 11.1. The predicted octanol–water partition coefficient (Wildman–Crippen LogP) is 3.55. The van der Waals surface area contributed by atoms with Gasteiger partial charge in [-0.2, -0.15) is 0 Å². The number of carboxylic acids is 1. The van der Waals surface area contributed by atoms with E-state index in [2.05, 4.69) is 5.32 Å². The van der Waals surface area contributed by atoms with Gasteiger partial charge in [-0.25, -0.2) is 9.18 Å². The van der Waals surface area contributed by atoms with Crippen LogP contribution in [0.3, 0.4) is 0 Å². The minimum absolute atomic E-state index is 0.0704. The van der Waals surface area contributed by atoms with Crippen molar-refractivity contribution >= 4 is 34.3 Å². The minimum atomic E-state index is -1.09. The standard InChI is InChI=1S/C15H12FNO3S/c1-9-8-12(15(19)20)14(21-9)17-13(18)7-4-10-2-5-11(16)6-3-10/h2-8H,1H3,(H,17,18)(H,19,20)/b7-4+. The van der Waals surface area contributed by atoms with Gasteiger partial charge >= 0.3 is 5.97 Å². The highest BCUT2D eigenvalue weighted by atomic mass is 32.1. The van der Waals surface area contributed by atoms with Crippen molar-refractivity contribution in [2.45, 2.75) is 6.92 Å². The van der Waals surface area contributed by atoms with E-state index in [1.807, 2.05) is 0 Å². The maximum absolute atomic E-state index is 12.7. The number of carbonyl (C=O) groups excluding carboxylic acids is 1. The number of hydrogen-bond acceptors (Lipinski definition) is 3. The predicted molar refractivity (Wildman–Crippen MR) is 80.1 cm³/mol. The molecule has 2 N–H and O–H groups in total. The highest BCUT2D eigenvalue weighted by molar-refractivity contribution is 7.16. The Bertz CT molecular complexity index is 704. The molecule has 108 valence electrons. The topological polar surface area (TPSA) is 66.4 Å². The van der Waals surface area contributed by atoms with Gasteiger partial charge < -0.3 is 10.4 Å². The average molecular weight is 305 g/mol. The molecule has 0 saturated carbocycles. The highest BCUT2D eigenvalue weighted by Gasteiger charge is 2.14. The van der Waals surface area contributed by atoms with Gasteiger partial charge in [0.25, 0.3) is 0 Å². The molecular weight excluding hydrogens is 293 g/mol. The Balaban J connectivity index is 2.08. The molecule has 0 aliphatic rings. The summed E-state index contributed by atoms with van der Waals surface area (Å²) in [6.07, 6.45) is 2.80. The summed E-state index contributed by atoms with van der Waals surface area (Å²) in [4.78, 5) is 23.6. The quantitative estimate of drug-likeness (QED) is 0.849. The smallest absolute Gasteiger partial charge is 0.338 e. The van der Waals surface area contributed by atoms with Crippen molar-refractivity contribution in [2.75, 3.05) is 5.32 Å². The van der Waals surface area contributed by atoms with E-state index in [1.165, 1.54) is 53.8 Å². The number of rotatable bonds is 4. The van der Waals surface area contributed by atoms with E-state index in [1.54, 1.807) is 6.92 Å². The van der Waals surface area contributed by atoms with Crippen molar-refractivity contribution in [3.63, 3.8) is 0 Å². The molecule has 1 amide bonds. The van der Waals surface area contributed by atoms with Crippen molar-refractivity contribution < 1.29 is 19.1 Å². The van der Waals surface area contributed by atoms with Crippen LogP contribution in [0.15, 0.2) is 36.4 Å². The number of hydrogen-bond donors (Lipinski definition) is 2. The molecule has 2 aromatic rings. The molecule has 0 aliphatic heterocycles. The Morgan fingerprint density at radius 2 is 1.95 bits per heavy atom. The molecule has 1 aromatic heterocycles. The molecule has 0 aliphatic carbocycles. The highest BCUT2D eigenvalue weighted by Crippen LogP contribution is 2.27. The van der Waals surface area contributed by atoms with E-state index < -0.39 is 11.9 Å². The lowest BCUT2D eigenvalue weighted by Crippen LogP contribution is -2.09. The molecule has 4 nitrogen and oxygen atoms in total. The zero-order chi connectivity index (χ0) is 15.4. The van der Waals surface area contributed by atoms with Crippen LogP contribution in [0.25, 0.3) is 6.08 Å². The molecule has 6 heteroatoms. The second-order valence-electron chi connectivity index (χ2n) is 4.28. The van der Waals surface area contributed by atoms with E-state index in [4.69, 9.17) is 5.11 Å². The van der Waals surface area contributed by atoms with Gasteiger partial charge in [-0.3, -0.25) is 4.79 Å². The maximum atomic E-state index is 12.7. The van der Waals surface area contributed by atoms with Gasteiger partial charge in [-0.1, -0.05) is 12.1 Å². The van der Waals surface area contributed by atoms with Gasteiger partial charge in [0.15, 0.2) is 0 Å². The lowest BCUT2D eigenvalue weighted by Gasteiger charge is -2.00. The van der Waals surface area contributed by atoms with Crippen molar-refractivity contribution in [1.29, 1.82) is 0 Å². The lowest BCUT2D eigenvalue weighted by molar-refractivity contribution is -0.111. The summed E-state index contributed by atoms with van der Waals surface area (Å²) in [5.41, 5.74) is 0.744. The molecule has 2 rings (SSSR count). The molecule has 0 atom stereocenters. The first-order chi connectivity index (χ1) is 9.95. The SMILES string of the molecule is Cc1cc(C(=O)O)c(NC(=O)/C=C/c2ccc(F)cc2)s1. The van der Waals surface area contributed by atoms with E-state index in [0.717, 1.165) is 4.88 Å². The third kappa shape index (κ3) is 4.00. The number of anilines is 1. The number of thiophene rings is 1. The first kappa shape index (κ1) is 14.9. The molecule has 1 heterocycles. The second kappa shape index (κ2) is 6.32. The van der Waals surface area contributed by atoms with Crippen LogP contribution in [0, 0.1) is 12.7 Å². The van der Waals surface area contributed by atoms with Crippen LogP contribution in [0.2, 0.25) is 0 Å². The number of aryl methyl sites for hydroxylation is 1. The Labute approximate surface area is 124 Å². The van der Waals surface area contributed by atoms with Crippen molar-refractivity contribution in [3.8, 4) is 0 Å². The Kier molecular flexibility index (Phi) is 4.49. The van der Waals surface area contributed by atoms with E-state index in [-0.39, 0.29) is 11.4 Å². The van der Waals surface area contributed by atoms with Gasteiger partial charge in [-0.05, 0) is 36.8 Å². The van der Waals surface area contributed by atoms with Gasteiger partial charge in [0.05, 0.1) is 5.56 Å². The maximum Gasteiger partial charge on any atom is 0.338 e. The van der Waals surface area contributed by atoms with E-state index >= 15 is 0 Å². The first-order valence-corrected chi connectivity index (χ1v) is 6.85. The summed E-state index contributed by atoms with van der Waals surface area (Å²) in [5, 5.41) is 11.9. The third-order valence-corrected chi connectivity index (χ3v) is 3.59. The normalized spacial score (nSPS) is 10.8. The fourth-order valence-electron chi connectivity index (χ4n) is 1.67. The summed E-state index contributed by atoms with van der Waals surface area (Å²) in [5.74, 6) is -1.88. The second-order valence-corrected chi connectivity index (χ2v) is 5.54. The molecule has 0 unspecified atom stereocenters. The third-order valence-electron chi connectivity index (χ3n) is 2.62. The number of aromatic carboxylic acids is 1. The summed E-state index contributed by atoms with van der Waals surface area (Å²) >= 11 is 1.20. The molecule has 0 saturated heterocycles. The van der Waals surface area contributed by atoms with Crippen molar-refractivity contribution in [2.24, 2.45) is 0 Å². The zero-order valence-corrected chi connectivity index (χ0v) is 11.9. The summed E-state index contributed by atoms with van der Waals surface area (Å²) in [6, 6.07) is 7.17. The average Bonchev–Trinajstić information content (AvgIpc) is 2.79. The van der Waals surface area contributed by atoms with Crippen LogP contribution in [-0.4, -0.2) is 17.0 Å². The van der Waals surface area contributed by atoms with E-state index in [0.29, 0.717) is 10.6 Å². The lowest BCUT2D eigenvalue weighted by atomic mass is 10.2. The van der Waals surface area contributed by atoms with Crippen LogP contribution in [-0.2, 0) is 4.79 Å². The van der Waals surface area contributed by atoms with Crippen LogP contribution >= 0.6 is 11.3 Å². The van der Waals surface area contributed by atoms with Crippen LogP contribution in [0.1, 0.15) is 20.8 Å². The molecule has 0 bridgehead atoms. The molecular formula is C15H12FNO3S. The molecule has 1 aromatic carbocycles. The number of amides is 1. The Morgan fingerprint density at radius 1 is 1.29 bits per heavy atom. The number of carboxylic acid groups (broad SMARTS) is 1. The number of nitrogens with one attached hydrogen (secondary N) is 1.